The van der Waals surface area contributed by atoms with Gasteiger partial charge < -0.3 is 10.6 Å². The lowest BCUT2D eigenvalue weighted by atomic mass is 9.82. The Kier molecular flexibility index (Phi) is 3.56. The maximum Gasteiger partial charge on any atom is 0.271 e. The van der Waals surface area contributed by atoms with Gasteiger partial charge in [0, 0.05) is 12.6 Å². The van der Waals surface area contributed by atoms with Crippen LogP contribution in [0.3, 0.4) is 0 Å². The van der Waals surface area contributed by atoms with Gasteiger partial charge in [-0.2, -0.15) is 0 Å². The minimum Gasteiger partial charge on any atom is -0.366 e. The maximum absolute atomic E-state index is 11.5. The van der Waals surface area contributed by atoms with E-state index in [2.05, 4.69) is 27.8 Å². The predicted octanol–water partition coefficient (Wildman–Crippen LogP) is 1.44. The zero-order chi connectivity index (χ0) is 12.3. The van der Waals surface area contributed by atoms with Gasteiger partial charge in [0.05, 0.1) is 0 Å². The molecule has 0 unspecified atom stereocenters. The highest BCUT2D eigenvalue weighted by Crippen LogP contribution is 2.28. The zero-order valence-electron chi connectivity index (χ0n) is 10.2. The number of nitrogens with one attached hydrogen (secondary N) is 2. The van der Waals surface area contributed by atoms with Gasteiger partial charge in [-0.25, -0.2) is 0 Å². The second kappa shape index (κ2) is 5.12. The molecular weight excluding hydrogens is 216 g/mol. The van der Waals surface area contributed by atoms with E-state index in [0.29, 0.717) is 18.3 Å². The first-order valence-corrected chi connectivity index (χ1v) is 6.07. The molecule has 92 valence electrons. The minimum atomic E-state index is -0.177. The predicted molar refractivity (Wildman–Crippen MR) is 65.8 cm³/mol. The largest absolute Gasteiger partial charge is 0.366 e. The normalized spacial score (nSPS) is 22.7. The second-order valence-electron chi connectivity index (χ2n) is 4.58. The fourth-order valence-electron chi connectivity index (χ4n) is 2.01. The standard InChI is InChI=1S/C12H18N4O/c1-3-13-12(17)10-4-5-11(16-15-10)14-9-6-8(2)7-9/h4-5,8-9H,3,6-7H2,1-2H3,(H,13,17)(H,14,16). The molecule has 0 atom stereocenters. The number of hydrogen-bond acceptors (Lipinski definition) is 4. The zero-order valence-corrected chi connectivity index (χ0v) is 10.2. The molecule has 0 radical (unpaired) electrons. The number of anilines is 1. The number of carbonyl (C=O) groups excluding carboxylic acids is 1. The van der Waals surface area contributed by atoms with Crippen LogP contribution in [0.1, 0.15) is 37.2 Å². The van der Waals surface area contributed by atoms with E-state index in [1.165, 1.54) is 12.8 Å². The van der Waals surface area contributed by atoms with Gasteiger partial charge in [-0.1, -0.05) is 6.92 Å². The molecule has 0 bridgehead atoms. The summed E-state index contributed by atoms with van der Waals surface area (Å²) in [6.45, 7) is 4.71. The monoisotopic (exact) mass is 234 g/mol. The Balaban J connectivity index is 1.91. The topological polar surface area (TPSA) is 66.9 Å². The molecule has 1 aliphatic carbocycles. The van der Waals surface area contributed by atoms with Crippen LogP contribution in [0.15, 0.2) is 12.1 Å². The third kappa shape index (κ3) is 2.93. The van der Waals surface area contributed by atoms with E-state index in [9.17, 15) is 4.79 Å². The molecule has 1 fully saturated rings. The van der Waals surface area contributed by atoms with Gasteiger partial charge in [-0.3, -0.25) is 4.79 Å². The molecule has 1 aliphatic rings. The highest BCUT2D eigenvalue weighted by molar-refractivity contribution is 5.92. The number of amides is 1. The van der Waals surface area contributed by atoms with Crippen LogP contribution in [-0.4, -0.2) is 28.7 Å². The van der Waals surface area contributed by atoms with Gasteiger partial charge in [0.1, 0.15) is 5.82 Å². The fraction of sp³-hybridized carbons (Fsp3) is 0.583. The highest BCUT2D eigenvalue weighted by atomic mass is 16.1. The Bertz CT molecular complexity index is 384. The molecule has 5 heteroatoms. The molecule has 1 aromatic rings. The summed E-state index contributed by atoms with van der Waals surface area (Å²) >= 11 is 0. The van der Waals surface area contributed by atoms with Crippen LogP contribution in [0.5, 0.6) is 0 Å². The van der Waals surface area contributed by atoms with Crippen molar-refractivity contribution in [1.82, 2.24) is 15.5 Å². The third-order valence-corrected chi connectivity index (χ3v) is 2.96. The summed E-state index contributed by atoms with van der Waals surface area (Å²) in [7, 11) is 0. The molecule has 2 N–H and O–H groups in total. The number of nitrogens with zero attached hydrogens (tertiary/aromatic N) is 2. The molecule has 5 nitrogen and oxygen atoms in total. The van der Waals surface area contributed by atoms with E-state index in [0.717, 1.165) is 11.7 Å². The SMILES string of the molecule is CCNC(=O)c1ccc(NC2CC(C)C2)nn1. The smallest absolute Gasteiger partial charge is 0.271 e. The molecule has 0 spiro atoms. The molecule has 1 saturated carbocycles. The third-order valence-electron chi connectivity index (χ3n) is 2.96. The Hall–Kier alpha value is -1.65. The maximum atomic E-state index is 11.5. The van der Waals surface area contributed by atoms with Crippen molar-refractivity contribution >= 4 is 11.7 Å². The quantitative estimate of drug-likeness (QED) is 0.827. The van der Waals surface area contributed by atoms with Crippen molar-refractivity contribution in [2.75, 3.05) is 11.9 Å². The molecular formula is C12H18N4O. The van der Waals surface area contributed by atoms with Crippen molar-refractivity contribution in [1.29, 1.82) is 0 Å². The molecule has 0 saturated heterocycles. The van der Waals surface area contributed by atoms with Crippen molar-refractivity contribution in [2.45, 2.75) is 32.7 Å². The Morgan fingerprint density at radius 1 is 1.41 bits per heavy atom. The van der Waals surface area contributed by atoms with Crippen LogP contribution < -0.4 is 10.6 Å². The molecule has 17 heavy (non-hydrogen) atoms. The molecule has 1 aromatic heterocycles. The number of aromatic nitrogens is 2. The van der Waals surface area contributed by atoms with E-state index in [1.54, 1.807) is 12.1 Å². The summed E-state index contributed by atoms with van der Waals surface area (Å²) in [5.41, 5.74) is 0.361. The van der Waals surface area contributed by atoms with Crippen molar-refractivity contribution in [3.05, 3.63) is 17.8 Å². The first kappa shape index (κ1) is 11.8. The summed E-state index contributed by atoms with van der Waals surface area (Å²) in [4.78, 5) is 11.5. The van der Waals surface area contributed by atoms with Crippen molar-refractivity contribution in [3.8, 4) is 0 Å². The van der Waals surface area contributed by atoms with Gasteiger partial charge in [0.25, 0.3) is 5.91 Å². The van der Waals surface area contributed by atoms with Crippen LogP contribution in [0.4, 0.5) is 5.82 Å². The number of hydrogen-bond donors (Lipinski definition) is 2. The summed E-state index contributed by atoms with van der Waals surface area (Å²) in [6, 6.07) is 4.01. The van der Waals surface area contributed by atoms with E-state index in [4.69, 9.17) is 0 Å². The van der Waals surface area contributed by atoms with Crippen LogP contribution >= 0.6 is 0 Å². The number of carbonyl (C=O) groups is 1. The van der Waals surface area contributed by atoms with Crippen LogP contribution in [0, 0.1) is 5.92 Å². The van der Waals surface area contributed by atoms with Gasteiger partial charge in [-0.15, -0.1) is 10.2 Å². The molecule has 1 amide bonds. The molecule has 0 aromatic carbocycles. The summed E-state index contributed by atoms with van der Waals surface area (Å²) < 4.78 is 0. The van der Waals surface area contributed by atoms with Crippen molar-refractivity contribution in [3.63, 3.8) is 0 Å². The van der Waals surface area contributed by atoms with Crippen LogP contribution in [0.2, 0.25) is 0 Å². The summed E-state index contributed by atoms with van der Waals surface area (Å²) in [5.74, 6) is 1.37. The van der Waals surface area contributed by atoms with Gasteiger partial charge in [0.2, 0.25) is 0 Å². The van der Waals surface area contributed by atoms with Crippen LogP contribution in [0.25, 0.3) is 0 Å². The van der Waals surface area contributed by atoms with Crippen LogP contribution in [-0.2, 0) is 0 Å². The van der Waals surface area contributed by atoms with Crippen molar-refractivity contribution in [2.24, 2.45) is 5.92 Å². The number of rotatable bonds is 4. The van der Waals surface area contributed by atoms with Gasteiger partial charge in [-0.05, 0) is 37.8 Å². The average Bonchev–Trinajstić information content (AvgIpc) is 2.28. The van der Waals surface area contributed by atoms with E-state index in [-0.39, 0.29) is 5.91 Å². The minimum absolute atomic E-state index is 0.177. The van der Waals surface area contributed by atoms with Crippen molar-refractivity contribution < 1.29 is 4.79 Å². The molecule has 2 rings (SSSR count). The molecule has 0 aliphatic heterocycles. The first-order chi connectivity index (χ1) is 8.19. The Morgan fingerprint density at radius 2 is 2.18 bits per heavy atom. The Morgan fingerprint density at radius 3 is 2.71 bits per heavy atom. The lowest BCUT2D eigenvalue weighted by Crippen LogP contribution is -2.34. The summed E-state index contributed by atoms with van der Waals surface area (Å²) in [5, 5.41) is 13.9. The first-order valence-electron chi connectivity index (χ1n) is 6.07. The van der Waals surface area contributed by atoms with E-state index in [1.807, 2.05) is 6.92 Å². The summed E-state index contributed by atoms with van der Waals surface area (Å²) in [6.07, 6.45) is 2.36. The average molecular weight is 234 g/mol. The second-order valence-corrected chi connectivity index (χ2v) is 4.58. The van der Waals surface area contributed by atoms with E-state index < -0.39 is 0 Å². The molecule has 1 heterocycles. The highest BCUT2D eigenvalue weighted by Gasteiger charge is 2.25. The van der Waals surface area contributed by atoms with E-state index >= 15 is 0 Å². The Labute approximate surface area is 101 Å². The van der Waals surface area contributed by atoms with Gasteiger partial charge >= 0.3 is 0 Å². The lowest BCUT2D eigenvalue weighted by Gasteiger charge is -2.33. The lowest BCUT2D eigenvalue weighted by molar-refractivity contribution is 0.0950. The fourth-order valence-corrected chi connectivity index (χ4v) is 2.01. The van der Waals surface area contributed by atoms with Gasteiger partial charge in [0.15, 0.2) is 5.69 Å².